The lowest BCUT2D eigenvalue weighted by Gasteiger charge is -2.40. The van der Waals surface area contributed by atoms with Crippen molar-refractivity contribution in [2.45, 2.75) is 31.3 Å². The maximum absolute atomic E-state index is 12.9. The van der Waals surface area contributed by atoms with E-state index in [-0.39, 0.29) is 11.7 Å². The number of carbonyl (C=O) groups excluding carboxylic acids is 1. The molecule has 0 bridgehead atoms. The van der Waals surface area contributed by atoms with Crippen LogP contribution in [0.15, 0.2) is 48.5 Å². The molecule has 2 aromatic rings. The highest BCUT2D eigenvalue weighted by atomic mass is 16.5. The molecule has 27 heavy (non-hydrogen) atoms. The summed E-state index contributed by atoms with van der Waals surface area (Å²) < 4.78 is 5.28. The van der Waals surface area contributed by atoms with Crippen LogP contribution in [0, 0.1) is 5.92 Å². The Kier molecular flexibility index (Phi) is 5.02. The Hall–Kier alpha value is -2.17. The second-order valence-electron chi connectivity index (χ2n) is 7.82. The molecule has 0 aromatic heterocycles. The molecule has 1 fully saturated rings. The van der Waals surface area contributed by atoms with E-state index in [1.807, 2.05) is 48.5 Å². The molecule has 0 amide bonds. The van der Waals surface area contributed by atoms with Gasteiger partial charge in [-0.2, -0.15) is 0 Å². The monoisotopic (exact) mass is 365 g/mol. The lowest BCUT2D eigenvalue weighted by molar-refractivity contribution is -0.0283. The zero-order chi connectivity index (χ0) is 18.9. The van der Waals surface area contributed by atoms with Crippen LogP contribution in [0.4, 0.5) is 0 Å². The van der Waals surface area contributed by atoms with Crippen LogP contribution in [-0.2, 0) is 12.0 Å². The first-order valence-electron chi connectivity index (χ1n) is 9.80. The number of nitrogens with zero attached hydrogens (tertiary/aromatic N) is 1. The van der Waals surface area contributed by atoms with Crippen molar-refractivity contribution in [1.82, 2.24) is 4.90 Å². The summed E-state index contributed by atoms with van der Waals surface area (Å²) in [6, 6.07) is 15.7. The van der Waals surface area contributed by atoms with Crippen molar-refractivity contribution >= 4 is 5.78 Å². The summed E-state index contributed by atoms with van der Waals surface area (Å²) in [6.45, 7) is 2.43. The van der Waals surface area contributed by atoms with Gasteiger partial charge in [-0.1, -0.05) is 30.3 Å². The second kappa shape index (κ2) is 7.45. The highest BCUT2D eigenvalue weighted by molar-refractivity contribution is 6.00. The summed E-state index contributed by atoms with van der Waals surface area (Å²) in [4.78, 5) is 15.3. The molecule has 0 radical (unpaired) electrons. The molecule has 4 heteroatoms. The molecule has 0 spiro atoms. The van der Waals surface area contributed by atoms with Gasteiger partial charge in [-0.05, 0) is 55.0 Å². The van der Waals surface area contributed by atoms with Gasteiger partial charge in [-0.15, -0.1) is 0 Å². The highest BCUT2D eigenvalue weighted by Crippen LogP contribution is 2.34. The lowest BCUT2D eigenvalue weighted by Crippen LogP contribution is -2.45. The van der Waals surface area contributed by atoms with Gasteiger partial charge in [0.2, 0.25) is 0 Å². The number of benzene rings is 2. The van der Waals surface area contributed by atoms with Crippen LogP contribution in [0.5, 0.6) is 5.75 Å². The first kappa shape index (κ1) is 18.2. The number of hydrogen-bond donors (Lipinski definition) is 1. The number of likely N-dealkylation sites (tertiary alicyclic amines) is 1. The number of aryl methyl sites for hydroxylation is 1. The number of Topliss-reactive ketones (excluding diaryl/α,β-unsaturated/α-hetero) is 1. The Morgan fingerprint density at radius 3 is 2.59 bits per heavy atom. The molecule has 142 valence electrons. The molecule has 2 aromatic carbocycles. The van der Waals surface area contributed by atoms with Crippen molar-refractivity contribution in [3.05, 3.63) is 65.2 Å². The van der Waals surface area contributed by atoms with E-state index in [4.69, 9.17) is 4.74 Å². The van der Waals surface area contributed by atoms with Crippen molar-refractivity contribution < 1.29 is 14.6 Å². The van der Waals surface area contributed by atoms with Gasteiger partial charge in [0.1, 0.15) is 5.75 Å². The fourth-order valence-electron chi connectivity index (χ4n) is 4.45. The molecule has 2 aliphatic rings. The molecule has 4 rings (SSSR count). The van der Waals surface area contributed by atoms with Crippen LogP contribution in [0.25, 0.3) is 0 Å². The van der Waals surface area contributed by atoms with Crippen molar-refractivity contribution in [3.63, 3.8) is 0 Å². The maximum atomic E-state index is 12.9. The molecule has 1 atom stereocenters. The van der Waals surface area contributed by atoms with E-state index in [1.54, 1.807) is 7.11 Å². The Balaban J connectivity index is 1.39. The predicted molar refractivity (Wildman–Crippen MR) is 105 cm³/mol. The SMILES string of the molecule is COc1ccc2c(c1)CCC(CN1CCC(O)(c3ccccc3)CC1)C2=O. The molecule has 0 saturated carbocycles. The van der Waals surface area contributed by atoms with Gasteiger partial charge in [0.25, 0.3) is 0 Å². The molecule has 4 nitrogen and oxygen atoms in total. The number of carbonyl (C=O) groups is 1. The van der Waals surface area contributed by atoms with E-state index < -0.39 is 5.60 Å². The van der Waals surface area contributed by atoms with Crippen LogP contribution in [-0.4, -0.2) is 42.5 Å². The Morgan fingerprint density at radius 2 is 1.89 bits per heavy atom. The van der Waals surface area contributed by atoms with Gasteiger partial charge in [-0.3, -0.25) is 4.79 Å². The van der Waals surface area contributed by atoms with Gasteiger partial charge >= 0.3 is 0 Å². The number of ketones is 1. The van der Waals surface area contributed by atoms with E-state index >= 15 is 0 Å². The van der Waals surface area contributed by atoms with Crippen LogP contribution >= 0.6 is 0 Å². The smallest absolute Gasteiger partial charge is 0.167 e. The lowest BCUT2D eigenvalue weighted by atomic mass is 9.81. The molecule has 1 saturated heterocycles. The summed E-state index contributed by atoms with van der Waals surface area (Å²) in [5.41, 5.74) is 2.22. The van der Waals surface area contributed by atoms with Crippen LogP contribution in [0.1, 0.15) is 40.7 Å². The third-order valence-electron chi connectivity index (χ3n) is 6.18. The minimum Gasteiger partial charge on any atom is -0.497 e. The quantitative estimate of drug-likeness (QED) is 0.902. The summed E-state index contributed by atoms with van der Waals surface area (Å²) in [5.74, 6) is 1.12. The average molecular weight is 365 g/mol. The van der Waals surface area contributed by atoms with Crippen LogP contribution in [0.2, 0.25) is 0 Å². The zero-order valence-electron chi connectivity index (χ0n) is 15.9. The highest BCUT2D eigenvalue weighted by Gasteiger charge is 2.36. The largest absolute Gasteiger partial charge is 0.497 e. The van der Waals surface area contributed by atoms with E-state index in [0.717, 1.165) is 54.9 Å². The number of rotatable bonds is 4. The van der Waals surface area contributed by atoms with Crippen molar-refractivity contribution in [3.8, 4) is 5.75 Å². The number of piperidine rings is 1. The molecular weight excluding hydrogens is 338 g/mol. The number of fused-ring (bicyclic) bond motifs is 1. The molecule has 1 unspecified atom stereocenters. The van der Waals surface area contributed by atoms with Gasteiger partial charge < -0.3 is 14.7 Å². The third kappa shape index (κ3) is 3.64. The number of hydrogen-bond acceptors (Lipinski definition) is 4. The predicted octanol–water partition coefficient (Wildman–Crippen LogP) is 3.42. The number of aliphatic hydroxyl groups is 1. The molecule has 1 aliphatic carbocycles. The van der Waals surface area contributed by atoms with E-state index in [0.29, 0.717) is 12.8 Å². The third-order valence-corrected chi connectivity index (χ3v) is 6.18. The first-order valence-corrected chi connectivity index (χ1v) is 9.80. The fraction of sp³-hybridized carbons (Fsp3) is 0.435. The molecule has 1 heterocycles. The van der Waals surface area contributed by atoms with Crippen molar-refractivity contribution in [2.75, 3.05) is 26.7 Å². The Morgan fingerprint density at radius 1 is 1.15 bits per heavy atom. The summed E-state index contributed by atoms with van der Waals surface area (Å²) in [6.07, 6.45) is 3.24. The van der Waals surface area contributed by atoms with Gasteiger partial charge in [-0.25, -0.2) is 0 Å². The molecule has 1 N–H and O–H groups in total. The number of methoxy groups -OCH3 is 1. The Bertz CT molecular complexity index is 810. The minimum atomic E-state index is -0.739. The fourth-order valence-corrected chi connectivity index (χ4v) is 4.45. The van der Waals surface area contributed by atoms with Gasteiger partial charge in [0.05, 0.1) is 12.7 Å². The minimum absolute atomic E-state index is 0.0498. The van der Waals surface area contributed by atoms with Crippen LogP contribution < -0.4 is 4.74 Å². The Labute approximate surface area is 160 Å². The van der Waals surface area contributed by atoms with Crippen LogP contribution in [0.3, 0.4) is 0 Å². The summed E-state index contributed by atoms with van der Waals surface area (Å²) in [7, 11) is 1.65. The first-order chi connectivity index (χ1) is 13.1. The van der Waals surface area contributed by atoms with E-state index in [1.165, 1.54) is 0 Å². The van der Waals surface area contributed by atoms with E-state index in [2.05, 4.69) is 4.90 Å². The molecule has 1 aliphatic heterocycles. The van der Waals surface area contributed by atoms with Gasteiger partial charge in [0, 0.05) is 31.1 Å². The topological polar surface area (TPSA) is 49.8 Å². The summed E-state index contributed by atoms with van der Waals surface area (Å²) in [5, 5.41) is 11.0. The second-order valence-corrected chi connectivity index (χ2v) is 7.82. The van der Waals surface area contributed by atoms with Crippen molar-refractivity contribution in [1.29, 1.82) is 0 Å². The normalized spacial score (nSPS) is 22.3. The maximum Gasteiger partial charge on any atom is 0.167 e. The van der Waals surface area contributed by atoms with E-state index in [9.17, 15) is 9.90 Å². The van der Waals surface area contributed by atoms with Crippen molar-refractivity contribution in [2.24, 2.45) is 5.92 Å². The molecular formula is C23H27NO3. The average Bonchev–Trinajstić information content (AvgIpc) is 2.72. The standard InChI is InChI=1S/C23H27NO3/c1-27-20-9-10-21-17(15-20)7-8-18(22(21)25)16-24-13-11-23(26,12-14-24)19-5-3-2-4-6-19/h2-6,9-10,15,18,26H,7-8,11-14,16H2,1H3. The number of ether oxygens (including phenoxy) is 1. The zero-order valence-corrected chi connectivity index (χ0v) is 15.9. The van der Waals surface area contributed by atoms with Gasteiger partial charge in [0.15, 0.2) is 5.78 Å². The summed E-state index contributed by atoms with van der Waals surface area (Å²) >= 11 is 0.